The molecular weight excluding hydrogens is 324 g/mol. The second kappa shape index (κ2) is 8.62. The first kappa shape index (κ1) is 19.7. The number of carbonyl (C=O) groups excluding carboxylic acids is 1. The number of β-amino-alcohol motifs (C(OH)–C–C–N with tert-alkyl or cyclic N) is 1. The van der Waals surface area contributed by atoms with Crippen molar-refractivity contribution in [1.29, 1.82) is 0 Å². The third kappa shape index (κ3) is 5.67. The van der Waals surface area contributed by atoms with Gasteiger partial charge in [-0.1, -0.05) is 12.1 Å². The first-order chi connectivity index (χ1) is 11.8. The van der Waals surface area contributed by atoms with Crippen LogP contribution < -0.4 is 5.32 Å². The van der Waals surface area contributed by atoms with E-state index in [1.807, 2.05) is 26.0 Å². The topological polar surface area (TPSA) is 91.3 Å². The molecule has 0 saturated carbocycles. The number of methoxy groups -OCH3 is 1. The number of hydrogen-bond acceptors (Lipinski definition) is 6. The zero-order chi connectivity index (χ0) is 18.4. The highest BCUT2D eigenvalue weighted by atomic mass is 16.5. The van der Waals surface area contributed by atoms with Crippen LogP contribution in [-0.4, -0.2) is 73.2 Å². The molecule has 3 N–H and O–H groups in total. The maximum Gasteiger partial charge on any atom is 0.246 e. The third-order valence-electron chi connectivity index (χ3n) is 4.29. The number of aromatic hydroxyl groups is 1. The normalized spacial score (nSPS) is 21.8. The van der Waals surface area contributed by atoms with Gasteiger partial charge in [0.05, 0.1) is 13.2 Å². The zero-order valence-electron chi connectivity index (χ0n) is 15.2. The molecule has 7 nitrogen and oxygen atoms in total. The van der Waals surface area contributed by atoms with Crippen molar-refractivity contribution >= 4 is 5.91 Å². The molecule has 1 aromatic rings. The maximum atomic E-state index is 11.6. The Morgan fingerprint density at radius 2 is 2.08 bits per heavy atom. The summed E-state index contributed by atoms with van der Waals surface area (Å²) in [5, 5.41) is 23.4. The number of aliphatic hydroxyl groups is 1. The molecule has 1 fully saturated rings. The number of nitrogens with zero attached hydrogens (tertiary/aromatic N) is 1. The number of hydrogen-bond donors (Lipinski definition) is 3. The van der Waals surface area contributed by atoms with Gasteiger partial charge >= 0.3 is 0 Å². The fraction of sp³-hybridized carbons (Fsp3) is 0.611. The van der Waals surface area contributed by atoms with Gasteiger partial charge in [-0.15, -0.1) is 0 Å². The largest absolute Gasteiger partial charge is 0.507 e. The van der Waals surface area contributed by atoms with Crippen LogP contribution in [0.5, 0.6) is 5.75 Å². The van der Waals surface area contributed by atoms with Gasteiger partial charge in [0.2, 0.25) is 5.91 Å². The quantitative estimate of drug-likeness (QED) is 0.684. The van der Waals surface area contributed by atoms with Gasteiger partial charge in [-0.25, -0.2) is 0 Å². The molecule has 25 heavy (non-hydrogen) atoms. The highest BCUT2D eigenvalue weighted by Gasteiger charge is 2.33. The lowest BCUT2D eigenvalue weighted by Crippen LogP contribution is -2.52. The smallest absolute Gasteiger partial charge is 0.246 e. The number of aryl methyl sites for hydroxylation is 2. The SMILES string of the molecule is COCC(=O)NC[C@@]1(O)COCCN(Cc2cc(C)c(O)c(C)c2)C1. The van der Waals surface area contributed by atoms with Gasteiger partial charge in [-0.2, -0.15) is 0 Å². The lowest BCUT2D eigenvalue weighted by molar-refractivity contribution is -0.126. The fourth-order valence-corrected chi connectivity index (χ4v) is 3.08. The number of nitrogens with one attached hydrogen (secondary N) is 1. The molecule has 1 aromatic carbocycles. The minimum atomic E-state index is -1.15. The summed E-state index contributed by atoms with van der Waals surface area (Å²) in [4.78, 5) is 13.7. The van der Waals surface area contributed by atoms with Crippen LogP contribution in [0.1, 0.15) is 16.7 Å². The summed E-state index contributed by atoms with van der Waals surface area (Å²) in [5.74, 6) is 0.0526. The molecule has 1 aliphatic heterocycles. The highest BCUT2D eigenvalue weighted by Crippen LogP contribution is 2.24. The van der Waals surface area contributed by atoms with Gasteiger partial charge in [0, 0.05) is 33.3 Å². The van der Waals surface area contributed by atoms with Gasteiger partial charge in [-0.3, -0.25) is 9.69 Å². The first-order valence-corrected chi connectivity index (χ1v) is 8.40. The van der Waals surface area contributed by atoms with Crippen molar-refractivity contribution < 1.29 is 24.5 Å². The molecule has 0 unspecified atom stereocenters. The number of carbonyl (C=O) groups is 1. The van der Waals surface area contributed by atoms with E-state index in [1.54, 1.807) is 0 Å². The number of rotatable bonds is 6. The average Bonchev–Trinajstić information content (AvgIpc) is 2.73. The van der Waals surface area contributed by atoms with E-state index < -0.39 is 5.60 Å². The maximum absolute atomic E-state index is 11.6. The molecule has 0 radical (unpaired) electrons. The molecular formula is C18H28N2O5. The van der Waals surface area contributed by atoms with Crippen LogP contribution in [0, 0.1) is 13.8 Å². The van der Waals surface area contributed by atoms with Crippen molar-refractivity contribution in [2.24, 2.45) is 0 Å². The van der Waals surface area contributed by atoms with E-state index in [4.69, 9.17) is 9.47 Å². The molecule has 1 amide bonds. The molecule has 0 aliphatic carbocycles. The van der Waals surface area contributed by atoms with Crippen molar-refractivity contribution in [3.8, 4) is 5.75 Å². The summed E-state index contributed by atoms with van der Waals surface area (Å²) in [6.07, 6.45) is 0. The summed E-state index contributed by atoms with van der Waals surface area (Å²) in [5.41, 5.74) is 1.59. The number of ether oxygens (including phenoxy) is 2. The second-order valence-corrected chi connectivity index (χ2v) is 6.78. The van der Waals surface area contributed by atoms with E-state index in [0.717, 1.165) is 16.7 Å². The molecule has 7 heteroatoms. The van der Waals surface area contributed by atoms with Crippen LogP contribution in [0.2, 0.25) is 0 Å². The van der Waals surface area contributed by atoms with Crippen molar-refractivity contribution in [1.82, 2.24) is 10.2 Å². The van der Waals surface area contributed by atoms with Crippen molar-refractivity contribution in [3.05, 3.63) is 28.8 Å². The standard InChI is InChI=1S/C18H28N2O5/c1-13-6-15(7-14(2)17(13)22)8-20-4-5-25-12-18(23,11-20)10-19-16(21)9-24-3/h6-7,22-23H,4-5,8-12H2,1-3H3,(H,19,21)/t18-/m0/s1. The summed E-state index contributed by atoms with van der Waals surface area (Å²) >= 11 is 0. The first-order valence-electron chi connectivity index (χ1n) is 8.40. The molecule has 1 aliphatic rings. The highest BCUT2D eigenvalue weighted by molar-refractivity contribution is 5.77. The predicted octanol–water partition coefficient (Wildman–Crippen LogP) is 0.335. The third-order valence-corrected chi connectivity index (χ3v) is 4.29. The van der Waals surface area contributed by atoms with Gasteiger partial charge in [0.15, 0.2) is 0 Å². The van der Waals surface area contributed by atoms with E-state index >= 15 is 0 Å². The summed E-state index contributed by atoms with van der Waals surface area (Å²) in [6, 6.07) is 3.90. The van der Waals surface area contributed by atoms with E-state index in [1.165, 1.54) is 7.11 Å². The molecule has 0 aromatic heterocycles. The van der Waals surface area contributed by atoms with Crippen molar-refractivity contribution in [2.75, 3.05) is 46.6 Å². The van der Waals surface area contributed by atoms with Crippen LogP contribution in [-0.2, 0) is 20.8 Å². The van der Waals surface area contributed by atoms with Crippen LogP contribution in [0.4, 0.5) is 0 Å². The van der Waals surface area contributed by atoms with E-state index in [0.29, 0.717) is 32.0 Å². The number of phenols is 1. The number of phenolic OH excluding ortho intramolecular Hbond substituents is 1. The molecule has 2 rings (SSSR count). The Bertz CT molecular complexity index is 584. The second-order valence-electron chi connectivity index (χ2n) is 6.78. The molecule has 0 bridgehead atoms. The molecule has 1 saturated heterocycles. The summed E-state index contributed by atoms with van der Waals surface area (Å²) in [7, 11) is 1.45. The van der Waals surface area contributed by atoms with Gasteiger partial charge in [0.25, 0.3) is 0 Å². The van der Waals surface area contributed by atoms with Gasteiger partial charge in [-0.05, 0) is 30.5 Å². The minimum Gasteiger partial charge on any atom is -0.507 e. The van der Waals surface area contributed by atoms with Crippen molar-refractivity contribution in [2.45, 2.75) is 26.0 Å². The van der Waals surface area contributed by atoms with Gasteiger partial charge < -0.3 is 25.0 Å². The summed E-state index contributed by atoms with van der Waals surface area (Å²) in [6.45, 7) is 6.23. The lowest BCUT2D eigenvalue weighted by atomic mass is 10.0. The molecule has 1 atom stereocenters. The molecule has 0 spiro atoms. The summed E-state index contributed by atoms with van der Waals surface area (Å²) < 4.78 is 10.3. The van der Waals surface area contributed by atoms with Crippen LogP contribution in [0.25, 0.3) is 0 Å². The lowest BCUT2D eigenvalue weighted by Gasteiger charge is -2.31. The van der Waals surface area contributed by atoms with Crippen molar-refractivity contribution in [3.63, 3.8) is 0 Å². The molecule has 140 valence electrons. The van der Waals surface area contributed by atoms with E-state index in [9.17, 15) is 15.0 Å². The Hall–Kier alpha value is -1.67. The molecule has 1 heterocycles. The minimum absolute atomic E-state index is 0.0350. The fourth-order valence-electron chi connectivity index (χ4n) is 3.08. The van der Waals surface area contributed by atoms with Crippen LogP contribution in [0.15, 0.2) is 12.1 Å². The predicted molar refractivity (Wildman–Crippen MR) is 93.5 cm³/mol. The zero-order valence-corrected chi connectivity index (χ0v) is 15.2. The Morgan fingerprint density at radius 3 is 2.72 bits per heavy atom. The van der Waals surface area contributed by atoms with Gasteiger partial charge in [0.1, 0.15) is 18.0 Å². The van der Waals surface area contributed by atoms with Crippen LogP contribution >= 0.6 is 0 Å². The Balaban J connectivity index is 2.02. The Morgan fingerprint density at radius 1 is 1.40 bits per heavy atom. The average molecular weight is 352 g/mol. The Kier molecular flexibility index (Phi) is 6.78. The Labute approximate surface area is 148 Å². The van der Waals surface area contributed by atoms with Crippen LogP contribution in [0.3, 0.4) is 0 Å². The van der Waals surface area contributed by atoms with E-state index in [-0.39, 0.29) is 25.7 Å². The monoisotopic (exact) mass is 352 g/mol. The number of benzene rings is 1. The number of amides is 1. The van der Waals surface area contributed by atoms with E-state index in [2.05, 4.69) is 10.2 Å².